The van der Waals surface area contributed by atoms with E-state index in [0.717, 1.165) is 5.57 Å². The topological polar surface area (TPSA) is 0 Å². The van der Waals surface area contributed by atoms with Crippen LogP contribution in [0.2, 0.25) is 0 Å². The fourth-order valence-electron chi connectivity index (χ4n) is 0. The maximum absolute atomic E-state index is 5.03. The summed E-state index contributed by atoms with van der Waals surface area (Å²) in [5, 5.41) is 0. The van der Waals surface area contributed by atoms with Crippen LogP contribution in [0.15, 0.2) is 5.57 Å². The van der Waals surface area contributed by atoms with Gasteiger partial charge in [0.2, 0.25) is 0 Å². The van der Waals surface area contributed by atoms with Crippen molar-refractivity contribution in [1.29, 1.82) is 0 Å². The summed E-state index contributed by atoms with van der Waals surface area (Å²) in [5.41, 5.74) is 0.917. The van der Waals surface area contributed by atoms with Crippen LogP contribution in [0.4, 0.5) is 0 Å². The molecule has 0 bridgehead atoms. The van der Waals surface area contributed by atoms with Crippen molar-refractivity contribution in [3.8, 4) is 0 Å². The van der Waals surface area contributed by atoms with Crippen LogP contribution < -0.4 is 0 Å². The van der Waals surface area contributed by atoms with E-state index in [2.05, 4.69) is 0 Å². The van der Waals surface area contributed by atoms with E-state index in [4.69, 9.17) is 6.58 Å². The Kier molecular flexibility index (Phi) is 8.20. The average Bonchev–Trinajstić information content (AvgIpc) is 0.811. The minimum atomic E-state index is 0. The van der Waals surface area contributed by atoms with Crippen molar-refractivity contribution >= 4 is 23.1 Å². The summed E-state index contributed by atoms with van der Waals surface area (Å²) in [6.07, 6.45) is 0. The summed E-state index contributed by atoms with van der Waals surface area (Å²) in [7, 11) is 0. The maximum Gasteiger partial charge on any atom is 0.316 e. The van der Waals surface area contributed by atoms with Crippen LogP contribution in [0.25, 0.3) is 0 Å². The van der Waals surface area contributed by atoms with E-state index in [1.54, 1.807) is 0 Å². The highest BCUT2D eigenvalue weighted by Gasteiger charge is 1.52. The van der Waals surface area contributed by atoms with Crippen LogP contribution >= 0.6 is 0 Å². The minimum Gasteiger partial charge on any atom is -0.0764 e. The smallest absolute Gasteiger partial charge is 0.0764 e. The lowest BCUT2D eigenvalue weighted by Crippen LogP contribution is -1.44. The van der Waals surface area contributed by atoms with Gasteiger partial charge in [0.1, 0.15) is 0 Å². The Morgan fingerprint density at radius 1 is 1.40 bits per heavy atom. The first-order valence-corrected chi connectivity index (χ1v) is 1.29. The molecule has 0 atom stereocenters. The number of hydrogen-bond donors (Lipinski definition) is 0. The third-order valence-electron chi connectivity index (χ3n) is 0. The number of allylic oxidation sites excluding steroid dienone is 1. The monoisotopic (exact) mass is 81.1 g/mol. The highest BCUT2D eigenvalue weighted by molar-refractivity contribution is 5.75. The fourth-order valence-corrected chi connectivity index (χ4v) is 0. The zero-order valence-electron chi connectivity index (χ0n) is 3.08. The SMILES string of the molecule is [CH]=C(C)C.[MgH2]. The predicted molar refractivity (Wildman–Crippen MR) is 27.7 cm³/mol. The van der Waals surface area contributed by atoms with Crippen molar-refractivity contribution in [2.24, 2.45) is 0 Å². The summed E-state index contributed by atoms with van der Waals surface area (Å²) in [5.74, 6) is 0. The van der Waals surface area contributed by atoms with Crippen molar-refractivity contribution in [1.82, 2.24) is 0 Å². The Labute approximate surface area is 49.4 Å². The maximum atomic E-state index is 5.03. The molecule has 0 spiro atoms. The van der Waals surface area contributed by atoms with Gasteiger partial charge in [-0.25, -0.2) is 0 Å². The predicted octanol–water partition coefficient (Wildman–Crippen LogP) is 0.469. The Morgan fingerprint density at radius 3 is 1.40 bits per heavy atom. The van der Waals surface area contributed by atoms with Crippen LogP contribution in [-0.4, -0.2) is 23.1 Å². The van der Waals surface area contributed by atoms with Crippen LogP contribution in [0.1, 0.15) is 13.8 Å². The van der Waals surface area contributed by atoms with Crippen molar-refractivity contribution in [2.75, 3.05) is 0 Å². The Bertz CT molecular complexity index is 26.6. The van der Waals surface area contributed by atoms with Crippen molar-refractivity contribution in [2.45, 2.75) is 13.8 Å². The second-order valence-electron chi connectivity index (χ2n) is 1.08. The molecule has 0 heterocycles. The lowest BCUT2D eigenvalue weighted by atomic mass is 10.4. The van der Waals surface area contributed by atoms with Crippen LogP contribution in [0.3, 0.4) is 0 Å². The first-order chi connectivity index (χ1) is 1.73. The van der Waals surface area contributed by atoms with Gasteiger partial charge in [-0.3, -0.25) is 0 Å². The molecule has 0 saturated carbocycles. The summed E-state index contributed by atoms with van der Waals surface area (Å²) < 4.78 is 0. The van der Waals surface area contributed by atoms with Gasteiger partial charge in [-0.1, -0.05) is 12.2 Å². The molecule has 0 aromatic rings. The quantitative estimate of drug-likeness (QED) is 0.372. The van der Waals surface area contributed by atoms with Crippen molar-refractivity contribution in [3.05, 3.63) is 12.2 Å². The fraction of sp³-hybridized carbons (Fsp3) is 0.500. The molecule has 0 aromatic carbocycles. The van der Waals surface area contributed by atoms with E-state index in [1.165, 1.54) is 0 Å². The Hall–Kier alpha value is 0.506. The third kappa shape index (κ3) is 110. The van der Waals surface area contributed by atoms with Gasteiger partial charge in [0.25, 0.3) is 0 Å². The zero-order chi connectivity index (χ0) is 3.58. The van der Waals surface area contributed by atoms with Gasteiger partial charge in [-0.15, -0.1) is 0 Å². The molecule has 27 valence electrons. The molecule has 0 aromatic heterocycles. The molecule has 0 amide bonds. The molecule has 0 nitrogen and oxygen atoms in total. The Balaban J connectivity index is 0. The van der Waals surface area contributed by atoms with Gasteiger partial charge in [0.05, 0.1) is 0 Å². The van der Waals surface area contributed by atoms with Gasteiger partial charge < -0.3 is 0 Å². The molecule has 0 saturated heterocycles. The second kappa shape index (κ2) is 4.51. The largest absolute Gasteiger partial charge is 0.316 e. The highest BCUT2D eigenvalue weighted by Crippen LogP contribution is 1.73. The standard InChI is InChI=1S/C4H7.Mg.2H/c1-4(2)3;;;/h1H,2-3H3;;;. The zero-order valence-corrected chi connectivity index (χ0v) is 3.08. The summed E-state index contributed by atoms with van der Waals surface area (Å²) in [6, 6.07) is 0. The molecule has 0 rings (SSSR count). The summed E-state index contributed by atoms with van der Waals surface area (Å²) in [4.78, 5) is 0. The molecule has 0 N–H and O–H groups in total. The van der Waals surface area contributed by atoms with Gasteiger partial charge in [-0.05, 0) is 13.8 Å². The molecular weight excluding hydrogens is 72.3 g/mol. The summed E-state index contributed by atoms with van der Waals surface area (Å²) >= 11 is 0. The van der Waals surface area contributed by atoms with Crippen molar-refractivity contribution < 1.29 is 0 Å². The summed E-state index contributed by atoms with van der Waals surface area (Å²) in [6.45, 7) is 8.75. The minimum absolute atomic E-state index is 0. The lowest BCUT2D eigenvalue weighted by Gasteiger charge is -1.64. The third-order valence-corrected chi connectivity index (χ3v) is 0. The molecule has 5 heavy (non-hydrogen) atoms. The number of hydrogen-bond acceptors (Lipinski definition) is 0. The molecule has 0 fully saturated rings. The lowest BCUT2D eigenvalue weighted by molar-refractivity contribution is 1.41. The first kappa shape index (κ1) is 9.09. The van der Waals surface area contributed by atoms with E-state index in [0.29, 0.717) is 0 Å². The molecular formula is C4H9Mg. The van der Waals surface area contributed by atoms with Crippen LogP contribution in [-0.2, 0) is 0 Å². The van der Waals surface area contributed by atoms with Gasteiger partial charge in [0.15, 0.2) is 0 Å². The van der Waals surface area contributed by atoms with Gasteiger partial charge >= 0.3 is 23.1 Å². The van der Waals surface area contributed by atoms with Gasteiger partial charge in [-0.2, -0.15) is 0 Å². The van der Waals surface area contributed by atoms with E-state index < -0.39 is 0 Å². The normalized spacial score (nSPS) is 5.20. The van der Waals surface area contributed by atoms with Crippen molar-refractivity contribution in [3.63, 3.8) is 0 Å². The van der Waals surface area contributed by atoms with E-state index in [9.17, 15) is 0 Å². The van der Waals surface area contributed by atoms with E-state index >= 15 is 0 Å². The average molecular weight is 81.4 g/mol. The Morgan fingerprint density at radius 2 is 1.40 bits per heavy atom. The van der Waals surface area contributed by atoms with Gasteiger partial charge in [0, 0.05) is 0 Å². The van der Waals surface area contributed by atoms with Crippen LogP contribution in [0, 0.1) is 6.58 Å². The molecule has 0 aliphatic carbocycles. The first-order valence-electron chi connectivity index (χ1n) is 1.29. The van der Waals surface area contributed by atoms with E-state index in [-0.39, 0.29) is 23.1 Å². The molecule has 1 heteroatoms. The molecule has 0 aliphatic rings. The number of rotatable bonds is 0. The van der Waals surface area contributed by atoms with Crippen LogP contribution in [0.5, 0.6) is 0 Å². The highest BCUT2D eigenvalue weighted by atomic mass is 24.3. The molecule has 0 unspecified atom stereocenters. The second-order valence-corrected chi connectivity index (χ2v) is 1.08. The molecule has 0 aliphatic heterocycles. The van der Waals surface area contributed by atoms with E-state index in [1.807, 2.05) is 13.8 Å². The molecule has 1 radical (unpaired) electrons.